The first-order chi connectivity index (χ1) is 21.1. The van der Waals surface area contributed by atoms with E-state index in [-0.39, 0.29) is 0 Å². The number of rotatable bonds is 18. The molecule has 248 valence electrons. The number of nitrogens with one attached hydrogen (secondary N) is 1. The van der Waals surface area contributed by atoms with Crippen LogP contribution in [0.4, 0.5) is 13.2 Å². The minimum absolute atomic E-state index is 0.394. The number of fused-ring (bicyclic) bond motifs is 1. The van der Waals surface area contributed by atoms with E-state index in [9.17, 15) is 13.2 Å². The van der Waals surface area contributed by atoms with Crippen LogP contribution in [0.1, 0.15) is 84.6 Å². The van der Waals surface area contributed by atoms with Crippen LogP contribution in [-0.4, -0.2) is 52.1 Å². The molecule has 0 radical (unpaired) electrons. The highest BCUT2D eigenvalue weighted by molar-refractivity contribution is 6.00. The molecule has 0 bridgehead atoms. The molecule has 3 aromatic rings. The molecule has 0 aliphatic carbocycles. The average Bonchev–Trinajstić information content (AvgIpc) is 3.39. The Morgan fingerprint density at radius 1 is 0.636 bits per heavy atom. The number of hydrogen-bond donors (Lipinski definition) is 1. The first kappa shape index (κ1) is 37.2. The number of hydrogen-bond acceptors (Lipinski definition) is 6. The Kier molecular flexibility index (Phi) is 15.9. The van der Waals surface area contributed by atoms with E-state index >= 15 is 0 Å². The Labute approximate surface area is 260 Å². The topological polar surface area (TPSA) is 71.2 Å². The van der Waals surface area contributed by atoms with Gasteiger partial charge in [-0.1, -0.05) is 57.6 Å². The fourth-order valence-corrected chi connectivity index (χ4v) is 4.94. The normalized spacial score (nSPS) is 11.8. The summed E-state index contributed by atoms with van der Waals surface area (Å²) in [7, 11) is 4.86. The molecule has 2 aromatic carbocycles. The molecule has 1 heterocycles. The van der Waals surface area contributed by atoms with Crippen LogP contribution >= 0.6 is 0 Å². The van der Waals surface area contributed by atoms with Crippen LogP contribution < -0.4 is 14.2 Å². The van der Waals surface area contributed by atoms with E-state index in [0.29, 0.717) is 53.7 Å². The van der Waals surface area contributed by atoms with Gasteiger partial charge in [0.15, 0.2) is 17.2 Å². The van der Waals surface area contributed by atoms with E-state index < -0.39 is 17.7 Å². The highest BCUT2D eigenvalue weighted by atomic mass is 19.4. The van der Waals surface area contributed by atoms with Gasteiger partial charge < -0.3 is 33.4 Å². The molecular weight excluding hydrogens is 575 g/mol. The van der Waals surface area contributed by atoms with Crippen LogP contribution in [0.5, 0.6) is 17.2 Å². The quantitative estimate of drug-likeness (QED) is 0.112. The summed E-state index contributed by atoms with van der Waals surface area (Å²) in [6, 6.07) is 8.63. The van der Waals surface area contributed by atoms with E-state index in [4.69, 9.17) is 28.4 Å². The molecular formula is C34H50F3NO6. The second-order valence-electron chi connectivity index (χ2n) is 10.2. The molecule has 3 rings (SSSR count). The number of methoxy groups -OCH3 is 3. The molecule has 10 heteroatoms. The van der Waals surface area contributed by atoms with Crippen LogP contribution in [0.2, 0.25) is 0 Å². The number of aromatic amines is 1. The van der Waals surface area contributed by atoms with Crippen molar-refractivity contribution in [2.24, 2.45) is 0 Å². The minimum Gasteiger partial charge on any atom is -0.491 e. The Hall–Kier alpha value is -2.95. The fourth-order valence-electron chi connectivity index (χ4n) is 4.94. The summed E-state index contributed by atoms with van der Waals surface area (Å²) in [5.74, 6) is 0.849. The van der Waals surface area contributed by atoms with Gasteiger partial charge in [-0.3, -0.25) is 0 Å². The summed E-state index contributed by atoms with van der Waals surface area (Å²) in [5.41, 5.74) is 1.25. The molecule has 7 nitrogen and oxygen atoms in total. The zero-order valence-corrected chi connectivity index (χ0v) is 27.3. The largest absolute Gasteiger partial charge is 0.491 e. The molecule has 0 atom stereocenters. The third-order valence-electron chi connectivity index (χ3n) is 7.23. The van der Waals surface area contributed by atoms with Crippen molar-refractivity contribution in [1.29, 1.82) is 0 Å². The van der Waals surface area contributed by atoms with Crippen molar-refractivity contribution in [3.05, 3.63) is 42.0 Å². The van der Waals surface area contributed by atoms with Gasteiger partial charge in [-0.2, -0.15) is 13.2 Å². The number of alkyl halides is 3. The van der Waals surface area contributed by atoms with Gasteiger partial charge in [-0.25, -0.2) is 0 Å². The Balaban J connectivity index is 0.000000362. The van der Waals surface area contributed by atoms with Crippen LogP contribution in [0.25, 0.3) is 22.2 Å². The monoisotopic (exact) mass is 625 g/mol. The van der Waals surface area contributed by atoms with Crippen LogP contribution in [-0.2, 0) is 20.4 Å². The minimum atomic E-state index is -4.38. The van der Waals surface area contributed by atoms with Gasteiger partial charge in [-0.15, -0.1) is 0 Å². The zero-order chi connectivity index (χ0) is 32.6. The summed E-state index contributed by atoms with van der Waals surface area (Å²) in [4.78, 5) is 3.25. The van der Waals surface area contributed by atoms with E-state index in [0.717, 1.165) is 30.5 Å². The first-order valence-corrected chi connectivity index (χ1v) is 15.5. The molecule has 0 unspecified atom stereocenters. The van der Waals surface area contributed by atoms with Crippen molar-refractivity contribution < 1.29 is 41.6 Å². The van der Waals surface area contributed by atoms with E-state index in [1.54, 1.807) is 27.4 Å². The number of unbranched alkanes of at least 4 members (excludes halogenated alkanes) is 6. The van der Waals surface area contributed by atoms with Crippen molar-refractivity contribution in [3.63, 3.8) is 0 Å². The first-order valence-electron chi connectivity index (χ1n) is 15.5. The third kappa shape index (κ3) is 10.3. The number of ether oxygens (including phenoxy) is 6. The summed E-state index contributed by atoms with van der Waals surface area (Å²) < 4.78 is 71.7. The maximum atomic E-state index is 12.9. The summed E-state index contributed by atoms with van der Waals surface area (Å²) in [6.45, 7) is 9.15. The van der Waals surface area contributed by atoms with Gasteiger partial charge in [0, 0.05) is 33.3 Å². The molecule has 0 amide bonds. The summed E-state index contributed by atoms with van der Waals surface area (Å²) in [6.07, 6.45) is 5.39. The van der Waals surface area contributed by atoms with Crippen molar-refractivity contribution in [3.8, 4) is 28.5 Å². The molecule has 0 aliphatic heterocycles. The van der Waals surface area contributed by atoms with E-state index in [2.05, 4.69) is 11.9 Å². The van der Waals surface area contributed by atoms with Gasteiger partial charge in [-0.05, 0) is 51.5 Å². The molecule has 0 saturated carbocycles. The second-order valence-corrected chi connectivity index (χ2v) is 10.2. The van der Waals surface area contributed by atoms with Gasteiger partial charge in [0.05, 0.1) is 42.0 Å². The molecule has 0 aliphatic rings. The highest BCUT2D eigenvalue weighted by Crippen LogP contribution is 2.46. The lowest BCUT2D eigenvalue weighted by molar-refractivity contribution is -0.355. The molecule has 44 heavy (non-hydrogen) atoms. The molecule has 1 N–H and O–H groups in total. The van der Waals surface area contributed by atoms with Crippen LogP contribution in [0.3, 0.4) is 0 Å². The van der Waals surface area contributed by atoms with Crippen LogP contribution in [0, 0.1) is 0 Å². The SMILES string of the molecule is CCCCCCCCCC(OC)(OC)OC.CCOc1ccc2[nH]c(-c3ccc(C(F)(F)F)cc3)c(OCC)c2c1OCC. The zero-order valence-electron chi connectivity index (χ0n) is 27.3. The smallest absolute Gasteiger partial charge is 0.416 e. The molecule has 0 spiro atoms. The summed E-state index contributed by atoms with van der Waals surface area (Å²) in [5, 5.41) is 0.713. The lowest BCUT2D eigenvalue weighted by atomic mass is 10.1. The number of benzene rings is 2. The number of halogens is 3. The Bertz CT molecular complexity index is 1210. The molecule has 0 fully saturated rings. The van der Waals surface area contributed by atoms with E-state index in [1.165, 1.54) is 50.7 Å². The fraction of sp³-hybridized carbons (Fsp3) is 0.588. The summed E-state index contributed by atoms with van der Waals surface area (Å²) >= 11 is 0. The van der Waals surface area contributed by atoms with Gasteiger partial charge >= 0.3 is 6.18 Å². The maximum absolute atomic E-state index is 12.9. The lowest BCUT2D eigenvalue weighted by Gasteiger charge is -2.28. The number of aromatic nitrogens is 1. The standard InChI is InChI=1S/C21H22F3NO3.C13H28O3/c1-4-26-16-12-11-15-17(19(16)27-5-2)20(28-6-3)18(25-15)13-7-9-14(10-8-13)21(22,23)24;1-5-6-7-8-9-10-11-12-13(14-2,15-3)16-4/h7-12,25H,4-6H2,1-3H3;5-12H2,1-4H3. The Morgan fingerprint density at radius 3 is 1.70 bits per heavy atom. The third-order valence-corrected chi connectivity index (χ3v) is 7.23. The average molecular weight is 626 g/mol. The van der Waals surface area contributed by atoms with E-state index in [1.807, 2.05) is 26.8 Å². The maximum Gasteiger partial charge on any atom is 0.416 e. The van der Waals surface area contributed by atoms with Gasteiger partial charge in [0.2, 0.25) is 0 Å². The van der Waals surface area contributed by atoms with Crippen molar-refractivity contribution in [1.82, 2.24) is 4.98 Å². The van der Waals surface area contributed by atoms with Crippen molar-refractivity contribution >= 4 is 10.9 Å². The number of H-pyrrole nitrogens is 1. The predicted molar refractivity (Wildman–Crippen MR) is 169 cm³/mol. The van der Waals surface area contributed by atoms with Gasteiger partial charge in [0.25, 0.3) is 5.97 Å². The Morgan fingerprint density at radius 2 is 1.18 bits per heavy atom. The van der Waals surface area contributed by atoms with Crippen molar-refractivity contribution in [2.75, 3.05) is 41.2 Å². The molecule has 0 saturated heterocycles. The van der Waals surface area contributed by atoms with Crippen LogP contribution in [0.15, 0.2) is 36.4 Å². The second kappa shape index (κ2) is 18.8. The predicted octanol–water partition coefficient (Wildman–Crippen LogP) is 9.77. The molecule has 1 aromatic heterocycles. The van der Waals surface area contributed by atoms with Crippen molar-refractivity contribution in [2.45, 2.75) is 91.2 Å². The van der Waals surface area contributed by atoms with Gasteiger partial charge in [0.1, 0.15) is 0 Å². The highest BCUT2D eigenvalue weighted by Gasteiger charge is 2.31. The lowest BCUT2D eigenvalue weighted by Crippen LogP contribution is -2.35.